The summed E-state index contributed by atoms with van der Waals surface area (Å²) in [5.74, 6) is 11.1. The first-order valence-electron chi connectivity index (χ1n) is 12.3. The molecule has 40 heavy (non-hydrogen) atoms. The molecule has 0 fully saturated rings. The summed E-state index contributed by atoms with van der Waals surface area (Å²) in [6.45, 7) is 3.04. The molecule has 0 saturated heterocycles. The van der Waals surface area contributed by atoms with Crippen LogP contribution in [-0.4, -0.2) is 21.8 Å². The number of hydrogen-bond donors (Lipinski definition) is 0. The Balaban J connectivity index is 1.39. The summed E-state index contributed by atoms with van der Waals surface area (Å²) in [7, 11) is 0. The lowest BCUT2D eigenvalue weighted by Crippen LogP contribution is -2.21. The summed E-state index contributed by atoms with van der Waals surface area (Å²) in [6, 6.07) is 25.3. The zero-order chi connectivity index (χ0) is 28.2. The molecule has 4 aromatic rings. The van der Waals surface area contributed by atoms with Gasteiger partial charge in [-0.15, -0.1) is 0 Å². The van der Waals surface area contributed by atoms with E-state index in [0.29, 0.717) is 33.4 Å². The van der Waals surface area contributed by atoms with Crippen molar-refractivity contribution in [2.75, 3.05) is 0 Å². The van der Waals surface area contributed by atoms with Crippen LogP contribution in [0.15, 0.2) is 94.7 Å². The number of Topliss-reactive ketones (excluding diaryl/α,β-unsaturated/α-hetero) is 2. The van der Waals surface area contributed by atoms with Gasteiger partial charge in [0.15, 0.2) is 10.2 Å². The summed E-state index contributed by atoms with van der Waals surface area (Å²) in [5.41, 5.74) is 4.85. The summed E-state index contributed by atoms with van der Waals surface area (Å²) in [6.07, 6.45) is 0. The van der Waals surface area contributed by atoms with Crippen LogP contribution in [0, 0.1) is 23.7 Å². The lowest BCUT2D eigenvalue weighted by Gasteiger charge is -2.18. The minimum Gasteiger partial charge on any atom is -0.287 e. The molecule has 0 aromatic heterocycles. The summed E-state index contributed by atoms with van der Waals surface area (Å²) in [5, 5.41) is 0.0382. The molecule has 0 N–H and O–H groups in total. The summed E-state index contributed by atoms with van der Waals surface area (Å²) >= 11 is 2.32. The van der Waals surface area contributed by atoms with Crippen molar-refractivity contribution in [1.82, 2.24) is 0 Å². The molecule has 1 aliphatic rings. The molecule has 0 saturated carbocycles. The van der Waals surface area contributed by atoms with Crippen molar-refractivity contribution in [3.8, 4) is 34.8 Å². The van der Waals surface area contributed by atoms with Gasteiger partial charge in [-0.1, -0.05) is 59.3 Å². The highest BCUT2D eigenvalue weighted by molar-refractivity contribution is 8.13. The number of carbonyl (C=O) groups excluding carboxylic acids is 4. The van der Waals surface area contributed by atoms with E-state index in [-0.39, 0.29) is 10.2 Å². The molecule has 5 rings (SSSR count). The van der Waals surface area contributed by atoms with Crippen LogP contribution in [0.2, 0.25) is 0 Å². The van der Waals surface area contributed by atoms with Gasteiger partial charge in [-0.3, -0.25) is 19.2 Å². The van der Waals surface area contributed by atoms with E-state index >= 15 is 0 Å². The third-order valence-corrected chi connectivity index (χ3v) is 7.55. The van der Waals surface area contributed by atoms with Gasteiger partial charge in [0, 0.05) is 57.0 Å². The highest BCUT2D eigenvalue weighted by atomic mass is 32.2. The quantitative estimate of drug-likeness (QED) is 0.154. The molecule has 4 aromatic carbocycles. The molecule has 6 heteroatoms. The number of carbonyl (C=O) groups is 4. The van der Waals surface area contributed by atoms with Gasteiger partial charge in [0.05, 0.1) is 0 Å². The first kappa shape index (κ1) is 27.0. The molecule has 0 aliphatic heterocycles. The maximum absolute atomic E-state index is 13.0. The lowest BCUT2D eigenvalue weighted by molar-refractivity contribution is -0.109. The Morgan fingerprint density at radius 3 is 1.15 bits per heavy atom. The van der Waals surface area contributed by atoms with Gasteiger partial charge in [-0.25, -0.2) is 0 Å². The molecule has 0 spiro atoms. The van der Waals surface area contributed by atoms with Crippen LogP contribution < -0.4 is 0 Å². The molecule has 1 aliphatic carbocycles. The van der Waals surface area contributed by atoms with Gasteiger partial charge in [0.2, 0.25) is 11.6 Å². The van der Waals surface area contributed by atoms with E-state index in [9.17, 15) is 19.2 Å². The summed E-state index contributed by atoms with van der Waals surface area (Å²) in [4.78, 5) is 50.3. The highest BCUT2D eigenvalue weighted by Gasteiger charge is 2.30. The van der Waals surface area contributed by atoms with Crippen molar-refractivity contribution in [1.29, 1.82) is 0 Å². The van der Waals surface area contributed by atoms with E-state index in [0.717, 1.165) is 44.4 Å². The standard InChI is InChI=1S/C34H20O4S2/c1-21(35)39-27-13-7-23(8-14-27)3-5-25-11-17-29-30-18-12-26(20-32(30)34(38)33(37)31(29)19-25)6-4-24-9-15-28(16-10-24)40-22(2)36/h7-20H,1-2H3. The Morgan fingerprint density at radius 1 is 0.475 bits per heavy atom. The van der Waals surface area contributed by atoms with Crippen molar-refractivity contribution in [3.05, 3.63) is 118 Å². The van der Waals surface area contributed by atoms with E-state index in [4.69, 9.17) is 0 Å². The second-order valence-corrected chi connectivity index (χ2v) is 11.4. The fourth-order valence-electron chi connectivity index (χ4n) is 4.17. The first-order chi connectivity index (χ1) is 19.3. The average Bonchev–Trinajstić information content (AvgIpc) is 2.94. The number of benzene rings is 4. The van der Waals surface area contributed by atoms with E-state index in [1.165, 1.54) is 13.8 Å². The fourth-order valence-corrected chi connectivity index (χ4v) is 5.38. The van der Waals surface area contributed by atoms with Crippen molar-refractivity contribution >= 4 is 45.3 Å². The predicted octanol–water partition coefficient (Wildman–Crippen LogP) is 6.81. The third kappa shape index (κ3) is 6.16. The molecular formula is C34H20O4S2. The largest absolute Gasteiger partial charge is 0.287 e. The van der Waals surface area contributed by atoms with Crippen molar-refractivity contribution in [2.24, 2.45) is 0 Å². The highest BCUT2D eigenvalue weighted by Crippen LogP contribution is 2.34. The van der Waals surface area contributed by atoms with E-state index in [1.54, 1.807) is 12.1 Å². The summed E-state index contributed by atoms with van der Waals surface area (Å²) < 4.78 is 0. The normalized spacial score (nSPS) is 11.3. The molecule has 0 atom stereocenters. The minimum absolute atomic E-state index is 0.0191. The Bertz CT molecular complexity index is 1690. The zero-order valence-electron chi connectivity index (χ0n) is 21.5. The second-order valence-electron chi connectivity index (χ2n) is 8.92. The Labute approximate surface area is 240 Å². The molecule has 0 unspecified atom stereocenters. The van der Waals surface area contributed by atoms with Crippen LogP contribution in [0.1, 0.15) is 56.8 Å². The van der Waals surface area contributed by atoms with Crippen molar-refractivity contribution < 1.29 is 19.2 Å². The van der Waals surface area contributed by atoms with Gasteiger partial charge >= 0.3 is 0 Å². The number of fused-ring (bicyclic) bond motifs is 3. The topological polar surface area (TPSA) is 68.3 Å². The Kier molecular flexibility index (Phi) is 7.84. The molecule has 192 valence electrons. The van der Waals surface area contributed by atoms with Crippen LogP contribution >= 0.6 is 23.5 Å². The Hall–Kier alpha value is -4.62. The lowest BCUT2D eigenvalue weighted by atomic mass is 9.82. The van der Waals surface area contributed by atoms with Crippen molar-refractivity contribution in [2.45, 2.75) is 23.6 Å². The van der Waals surface area contributed by atoms with Crippen LogP contribution in [0.25, 0.3) is 11.1 Å². The van der Waals surface area contributed by atoms with Gasteiger partial charge < -0.3 is 0 Å². The molecule has 4 nitrogen and oxygen atoms in total. The minimum atomic E-state index is -0.569. The first-order valence-corrected chi connectivity index (χ1v) is 13.9. The van der Waals surface area contributed by atoms with Gasteiger partial charge in [0.1, 0.15) is 0 Å². The zero-order valence-corrected chi connectivity index (χ0v) is 23.2. The smallest absolute Gasteiger partial charge is 0.234 e. The monoisotopic (exact) mass is 556 g/mol. The SMILES string of the molecule is CC(=O)Sc1ccc(C#Cc2ccc3c(c2)C(=O)C(=O)c2cc(C#Cc4ccc(SC(C)=O)cc4)ccc2-3)cc1. The maximum atomic E-state index is 13.0. The predicted molar refractivity (Wildman–Crippen MR) is 158 cm³/mol. The van der Waals surface area contributed by atoms with Crippen LogP contribution in [0.5, 0.6) is 0 Å². The number of ketones is 2. The average molecular weight is 557 g/mol. The van der Waals surface area contributed by atoms with Crippen LogP contribution in [-0.2, 0) is 9.59 Å². The van der Waals surface area contributed by atoms with Gasteiger partial charge in [-0.05, 0) is 83.9 Å². The molecule has 0 bridgehead atoms. The molecule has 0 radical (unpaired) electrons. The fraction of sp³-hybridized carbons (Fsp3) is 0.0588. The maximum Gasteiger partial charge on any atom is 0.234 e. The van der Waals surface area contributed by atoms with E-state index in [1.807, 2.05) is 72.8 Å². The van der Waals surface area contributed by atoms with E-state index < -0.39 is 11.6 Å². The number of rotatable bonds is 2. The number of hydrogen-bond acceptors (Lipinski definition) is 6. The van der Waals surface area contributed by atoms with Crippen LogP contribution in [0.3, 0.4) is 0 Å². The molecule has 0 heterocycles. The van der Waals surface area contributed by atoms with Crippen LogP contribution in [0.4, 0.5) is 0 Å². The number of thioether (sulfide) groups is 2. The third-order valence-electron chi connectivity index (χ3n) is 5.96. The Morgan fingerprint density at radius 2 is 0.800 bits per heavy atom. The molecular weight excluding hydrogens is 537 g/mol. The van der Waals surface area contributed by atoms with E-state index in [2.05, 4.69) is 23.7 Å². The molecule has 0 amide bonds. The van der Waals surface area contributed by atoms with Crippen molar-refractivity contribution in [3.63, 3.8) is 0 Å². The van der Waals surface area contributed by atoms with Gasteiger partial charge in [-0.2, -0.15) is 0 Å². The second kappa shape index (κ2) is 11.6. The van der Waals surface area contributed by atoms with Gasteiger partial charge in [0.25, 0.3) is 0 Å².